The molecule has 1 saturated heterocycles. The fourth-order valence-electron chi connectivity index (χ4n) is 2.91. The topological polar surface area (TPSA) is 145 Å². The van der Waals surface area contributed by atoms with Crippen molar-refractivity contribution in [2.75, 3.05) is 99.7 Å². The van der Waals surface area contributed by atoms with Crippen LogP contribution in [0.2, 0.25) is 0 Å². The first-order valence-electron chi connectivity index (χ1n) is 10.1. The Kier molecular flexibility index (Phi) is 15.4. The number of carboxylic acids is 3. The fourth-order valence-corrected chi connectivity index (χ4v) is 2.91. The Morgan fingerprint density at radius 2 is 0.871 bits per heavy atom. The predicted molar refractivity (Wildman–Crippen MR) is 114 cm³/mol. The van der Waals surface area contributed by atoms with Gasteiger partial charge in [0.05, 0.1) is 26.2 Å². The molecule has 31 heavy (non-hydrogen) atoms. The molecule has 3 N–H and O–H groups in total. The SMILES string of the molecule is CN(C)C.O=CCN1CCN(CC(=O)O)CCN(CC(=O)O)CCN(CC(=O)O)CC1. The second-order valence-electron chi connectivity index (χ2n) is 7.82. The second-order valence-corrected chi connectivity index (χ2v) is 7.82. The molecule has 1 heterocycles. The van der Waals surface area contributed by atoms with Gasteiger partial charge >= 0.3 is 17.9 Å². The van der Waals surface area contributed by atoms with E-state index < -0.39 is 17.9 Å². The van der Waals surface area contributed by atoms with Crippen LogP contribution in [0.15, 0.2) is 0 Å². The highest BCUT2D eigenvalue weighted by Crippen LogP contribution is 2.01. The highest BCUT2D eigenvalue weighted by atomic mass is 16.4. The van der Waals surface area contributed by atoms with Crippen LogP contribution in [0, 0.1) is 0 Å². The van der Waals surface area contributed by atoms with Gasteiger partial charge < -0.3 is 25.0 Å². The standard InChI is InChI=1S/C16H28N4O7.C3H9N/c21-10-9-17-1-3-18(11-14(22)23)5-7-20(13-16(26)27)8-6-19(4-2-17)12-15(24)25;1-4(2)3/h10H,1-9,11-13H2,(H,22,23)(H,24,25)(H,26,27);1-3H3. The van der Waals surface area contributed by atoms with E-state index in [1.165, 1.54) is 0 Å². The van der Waals surface area contributed by atoms with E-state index in [1.807, 2.05) is 30.9 Å². The van der Waals surface area contributed by atoms with Gasteiger partial charge in [-0.15, -0.1) is 0 Å². The minimum absolute atomic E-state index is 0.166. The normalized spacial score (nSPS) is 18.3. The van der Waals surface area contributed by atoms with Crippen LogP contribution >= 0.6 is 0 Å². The molecule has 12 nitrogen and oxygen atoms in total. The van der Waals surface area contributed by atoms with E-state index in [4.69, 9.17) is 15.3 Å². The molecule has 0 atom stereocenters. The van der Waals surface area contributed by atoms with Crippen molar-refractivity contribution in [3.8, 4) is 0 Å². The van der Waals surface area contributed by atoms with Gasteiger partial charge in [0.2, 0.25) is 0 Å². The molecule has 12 heteroatoms. The van der Waals surface area contributed by atoms with Crippen molar-refractivity contribution in [1.29, 1.82) is 0 Å². The number of nitrogens with zero attached hydrogens (tertiary/aromatic N) is 5. The molecule has 180 valence electrons. The molecule has 0 radical (unpaired) electrons. The number of aldehydes is 1. The van der Waals surface area contributed by atoms with Gasteiger partial charge in [0.25, 0.3) is 0 Å². The lowest BCUT2D eigenvalue weighted by Gasteiger charge is -2.32. The van der Waals surface area contributed by atoms with E-state index in [0.717, 1.165) is 6.29 Å². The average molecular weight is 448 g/mol. The third-order valence-corrected chi connectivity index (χ3v) is 4.34. The third kappa shape index (κ3) is 17.3. The largest absolute Gasteiger partial charge is 0.480 e. The van der Waals surface area contributed by atoms with E-state index in [1.54, 1.807) is 14.7 Å². The number of carbonyl (C=O) groups excluding carboxylic acids is 1. The van der Waals surface area contributed by atoms with Crippen LogP contribution in [0.25, 0.3) is 0 Å². The summed E-state index contributed by atoms with van der Waals surface area (Å²) in [4.78, 5) is 53.1. The monoisotopic (exact) mass is 447 g/mol. The zero-order valence-electron chi connectivity index (χ0n) is 18.8. The maximum atomic E-state index is 11.1. The maximum Gasteiger partial charge on any atom is 0.317 e. The molecular formula is C19H37N5O7. The Balaban J connectivity index is 0.00000206. The van der Waals surface area contributed by atoms with Crippen LogP contribution in [0.3, 0.4) is 0 Å². The molecule has 1 aliphatic rings. The number of carbonyl (C=O) groups is 4. The minimum Gasteiger partial charge on any atom is -0.480 e. The van der Waals surface area contributed by atoms with Gasteiger partial charge in [0.1, 0.15) is 6.29 Å². The molecule has 0 spiro atoms. The van der Waals surface area contributed by atoms with Crippen molar-refractivity contribution >= 4 is 24.2 Å². The summed E-state index contributed by atoms with van der Waals surface area (Å²) in [6.07, 6.45) is 0.767. The summed E-state index contributed by atoms with van der Waals surface area (Å²) in [6, 6.07) is 0. The Bertz CT molecular complexity index is 527. The lowest BCUT2D eigenvalue weighted by molar-refractivity contribution is -0.140. The predicted octanol–water partition coefficient (Wildman–Crippen LogP) is -2.16. The Labute approximate surface area is 183 Å². The molecule has 0 aromatic rings. The summed E-state index contributed by atoms with van der Waals surface area (Å²) in [6.45, 7) is 2.87. The van der Waals surface area contributed by atoms with Gasteiger partial charge in [-0.2, -0.15) is 0 Å². The summed E-state index contributed by atoms with van der Waals surface area (Å²) in [5, 5.41) is 27.2. The number of rotatable bonds is 8. The molecule has 0 amide bonds. The molecule has 0 unspecified atom stereocenters. The summed E-state index contributed by atoms with van der Waals surface area (Å²) in [5.74, 6) is -2.93. The van der Waals surface area contributed by atoms with Crippen LogP contribution in [-0.4, -0.2) is 164 Å². The Morgan fingerprint density at radius 1 is 0.645 bits per heavy atom. The van der Waals surface area contributed by atoms with Crippen LogP contribution in [0.5, 0.6) is 0 Å². The van der Waals surface area contributed by atoms with Crippen molar-refractivity contribution in [1.82, 2.24) is 24.5 Å². The quantitative estimate of drug-likeness (QED) is 0.348. The molecule has 0 aromatic carbocycles. The maximum absolute atomic E-state index is 11.1. The van der Waals surface area contributed by atoms with Crippen molar-refractivity contribution < 1.29 is 34.5 Å². The molecule has 1 fully saturated rings. The van der Waals surface area contributed by atoms with Crippen molar-refractivity contribution in [3.05, 3.63) is 0 Å². The van der Waals surface area contributed by atoms with Gasteiger partial charge in [-0.1, -0.05) is 0 Å². The second kappa shape index (κ2) is 16.6. The lowest BCUT2D eigenvalue weighted by Crippen LogP contribution is -2.48. The van der Waals surface area contributed by atoms with Crippen molar-refractivity contribution in [2.45, 2.75) is 0 Å². The highest BCUT2D eigenvalue weighted by molar-refractivity contribution is 5.69. The minimum atomic E-state index is -0.992. The Hall–Kier alpha value is -2.12. The van der Waals surface area contributed by atoms with Crippen LogP contribution in [-0.2, 0) is 19.2 Å². The summed E-state index contributed by atoms with van der Waals surface area (Å²) in [5.41, 5.74) is 0. The first-order chi connectivity index (χ1) is 14.5. The average Bonchev–Trinajstić information content (AvgIpc) is 2.62. The van der Waals surface area contributed by atoms with Gasteiger partial charge in [-0.3, -0.25) is 34.0 Å². The molecule has 0 aliphatic carbocycles. The fraction of sp³-hybridized carbons (Fsp3) is 0.789. The zero-order chi connectivity index (χ0) is 23.8. The zero-order valence-corrected chi connectivity index (χ0v) is 18.8. The first kappa shape index (κ1) is 28.9. The first-order valence-corrected chi connectivity index (χ1v) is 10.1. The number of carboxylic acid groups (broad SMARTS) is 3. The highest BCUT2D eigenvalue weighted by Gasteiger charge is 2.19. The molecule has 0 saturated carbocycles. The summed E-state index contributed by atoms with van der Waals surface area (Å²) >= 11 is 0. The molecule has 1 rings (SSSR count). The van der Waals surface area contributed by atoms with Crippen molar-refractivity contribution in [3.63, 3.8) is 0 Å². The van der Waals surface area contributed by atoms with Crippen LogP contribution in [0.1, 0.15) is 0 Å². The van der Waals surface area contributed by atoms with Gasteiger partial charge in [-0.05, 0) is 21.1 Å². The molecular weight excluding hydrogens is 410 g/mol. The number of hydrogen-bond acceptors (Lipinski definition) is 9. The van der Waals surface area contributed by atoms with E-state index in [-0.39, 0.29) is 26.2 Å². The van der Waals surface area contributed by atoms with Gasteiger partial charge in [0.15, 0.2) is 0 Å². The smallest absolute Gasteiger partial charge is 0.317 e. The molecule has 0 bridgehead atoms. The van der Waals surface area contributed by atoms with Gasteiger partial charge in [-0.25, -0.2) is 0 Å². The van der Waals surface area contributed by atoms with E-state index in [9.17, 15) is 19.2 Å². The van der Waals surface area contributed by atoms with Crippen molar-refractivity contribution in [2.24, 2.45) is 0 Å². The molecule has 0 aromatic heterocycles. The van der Waals surface area contributed by atoms with Crippen LogP contribution < -0.4 is 0 Å². The van der Waals surface area contributed by atoms with E-state index in [0.29, 0.717) is 52.4 Å². The van der Waals surface area contributed by atoms with E-state index in [2.05, 4.69) is 0 Å². The molecule has 1 aliphatic heterocycles. The summed E-state index contributed by atoms with van der Waals surface area (Å²) < 4.78 is 0. The number of hydrogen-bond donors (Lipinski definition) is 3. The van der Waals surface area contributed by atoms with Crippen LogP contribution in [0.4, 0.5) is 0 Å². The summed E-state index contributed by atoms with van der Waals surface area (Å²) in [7, 11) is 6.00. The third-order valence-electron chi connectivity index (χ3n) is 4.34. The van der Waals surface area contributed by atoms with Gasteiger partial charge in [0, 0.05) is 52.4 Å². The lowest BCUT2D eigenvalue weighted by atomic mass is 10.3. The Morgan fingerprint density at radius 3 is 1.06 bits per heavy atom. The number of aliphatic carboxylic acids is 3. The van der Waals surface area contributed by atoms with E-state index >= 15 is 0 Å².